The van der Waals surface area contributed by atoms with Crippen LogP contribution < -0.4 is 11.1 Å². The number of nitrogens with zero attached hydrogens (tertiary/aromatic N) is 2. The highest BCUT2D eigenvalue weighted by molar-refractivity contribution is 6.31. The minimum Gasteiger partial charge on any atom is -0.444 e. The van der Waals surface area contributed by atoms with Crippen LogP contribution in [0.5, 0.6) is 0 Å². The molecule has 0 aromatic heterocycles. The lowest BCUT2D eigenvalue weighted by molar-refractivity contribution is -0.00150. The first-order valence-corrected chi connectivity index (χ1v) is 9.07. The SMILES string of the molecule is CC(C)(C)OC(=O)N1CC[C@@H](c2cc3c(cc2Cl)CN=C(N)N3)[C@H](O)C1. The van der Waals surface area contributed by atoms with Crippen molar-refractivity contribution in [3.63, 3.8) is 0 Å². The number of carbonyl (C=O) groups is 1. The second-order valence-corrected chi connectivity index (χ2v) is 8.15. The van der Waals surface area contributed by atoms with Crippen LogP contribution in [0.25, 0.3) is 0 Å². The van der Waals surface area contributed by atoms with Crippen molar-refractivity contribution in [2.45, 2.75) is 51.4 Å². The van der Waals surface area contributed by atoms with Crippen molar-refractivity contribution in [2.24, 2.45) is 10.7 Å². The van der Waals surface area contributed by atoms with Crippen LogP contribution in [0.1, 0.15) is 44.2 Å². The zero-order chi connectivity index (χ0) is 19.1. The van der Waals surface area contributed by atoms with Gasteiger partial charge in [-0.25, -0.2) is 9.79 Å². The number of hydrogen-bond acceptors (Lipinski definition) is 6. The number of hydrogen-bond donors (Lipinski definition) is 3. The number of carbonyl (C=O) groups excluding carboxylic acids is 1. The molecule has 26 heavy (non-hydrogen) atoms. The maximum atomic E-state index is 12.2. The van der Waals surface area contributed by atoms with Crippen LogP contribution in [-0.2, 0) is 11.3 Å². The molecule has 4 N–H and O–H groups in total. The number of aliphatic hydroxyl groups is 1. The molecular weight excluding hydrogens is 356 g/mol. The first-order chi connectivity index (χ1) is 12.1. The molecule has 8 heteroatoms. The predicted octanol–water partition coefficient (Wildman–Crippen LogP) is 2.67. The second kappa shape index (κ2) is 6.96. The molecule has 0 unspecified atom stereocenters. The van der Waals surface area contributed by atoms with Gasteiger partial charge >= 0.3 is 6.09 Å². The van der Waals surface area contributed by atoms with Crippen molar-refractivity contribution in [2.75, 3.05) is 18.4 Å². The average Bonchev–Trinajstić information content (AvgIpc) is 2.53. The van der Waals surface area contributed by atoms with Crippen molar-refractivity contribution in [1.29, 1.82) is 0 Å². The number of guanidine groups is 1. The van der Waals surface area contributed by atoms with E-state index in [4.69, 9.17) is 22.1 Å². The number of anilines is 1. The Morgan fingerprint density at radius 3 is 2.85 bits per heavy atom. The maximum absolute atomic E-state index is 12.2. The van der Waals surface area contributed by atoms with Gasteiger partial charge in [0.1, 0.15) is 5.60 Å². The first-order valence-electron chi connectivity index (χ1n) is 8.69. The Kier molecular flexibility index (Phi) is 5.03. The summed E-state index contributed by atoms with van der Waals surface area (Å²) < 4.78 is 5.39. The van der Waals surface area contributed by atoms with Gasteiger partial charge in [-0.1, -0.05) is 11.6 Å². The van der Waals surface area contributed by atoms with Gasteiger partial charge in [-0.15, -0.1) is 0 Å². The fourth-order valence-corrected chi connectivity index (χ4v) is 3.62. The molecule has 2 atom stereocenters. The Morgan fingerprint density at radius 1 is 1.46 bits per heavy atom. The number of rotatable bonds is 1. The quantitative estimate of drug-likeness (QED) is 0.695. The van der Waals surface area contributed by atoms with E-state index >= 15 is 0 Å². The summed E-state index contributed by atoms with van der Waals surface area (Å²) in [5.41, 5.74) is 7.86. The van der Waals surface area contributed by atoms with Crippen LogP contribution in [-0.4, -0.2) is 46.9 Å². The van der Waals surface area contributed by atoms with Gasteiger partial charge in [-0.2, -0.15) is 0 Å². The van der Waals surface area contributed by atoms with Crippen LogP contribution in [0.2, 0.25) is 5.02 Å². The van der Waals surface area contributed by atoms with E-state index in [1.807, 2.05) is 32.9 Å². The number of piperidine rings is 1. The van der Waals surface area contributed by atoms with E-state index in [1.54, 1.807) is 4.90 Å². The van der Waals surface area contributed by atoms with Gasteiger partial charge in [0.05, 0.1) is 19.2 Å². The van der Waals surface area contributed by atoms with E-state index in [0.29, 0.717) is 30.5 Å². The van der Waals surface area contributed by atoms with Crippen molar-refractivity contribution in [3.05, 3.63) is 28.3 Å². The Balaban J connectivity index is 1.74. The molecule has 0 aliphatic carbocycles. The number of fused-ring (bicyclic) bond motifs is 1. The van der Waals surface area contributed by atoms with Gasteiger partial charge in [0, 0.05) is 23.2 Å². The topological polar surface area (TPSA) is 100 Å². The van der Waals surface area contributed by atoms with E-state index in [2.05, 4.69) is 10.3 Å². The average molecular weight is 381 g/mol. The van der Waals surface area contributed by atoms with Gasteiger partial charge in [0.15, 0.2) is 5.96 Å². The first kappa shape index (κ1) is 18.8. The van der Waals surface area contributed by atoms with Gasteiger partial charge < -0.3 is 25.8 Å². The molecule has 0 saturated carbocycles. The predicted molar refractivity (Wildman–Crippen MR) is 102 cm³/mol. The normalized spacial score (nSPS) is 23.0. The number of ether oxygens (including phenoxy) is 1. The molecule has 1 aromatic carbocycles. The van der Waals surface area contributed by atoms with Crippen LogP contribution in [0, 0.1) is 0 Å². The van der Waals surface area contributed by atoms with E-state index in [-0.39, 0.29) is 12.5 Å². The largest absolute Gasteiger partial charge is 0.444 e. The number of likely N-dealkylation sites (tertiary alicyclic amines) is 1. The molecule has 0 spiro atoms. The molecule has 3 rings (SSSR count). The minimum absolute atomic E-state index is 0.159. The van der Waals surface area contributed by atoms with Gasteiger partial charge in [-0.05, 0) is 50.5 Å². The third-order valence-corrected chi connectivity index (χ3v) is 4.87. The molecule has 0 bridgehead atoms. The Hall–Kier alpha value is -1.99. The number of nitrogens with two attached hydrogens (primary N) is 1. The van der Waals surface area contributed by atoms with Crippen molar-refractivity contribution in [1.82, 2.24) is 4.90 Å². The molecular formula is C18H25ClN4O3. The zero-order valence-corrected chi connectivity index (χ0v) is 16.0. The molecule has 1 aromatic rings. The summed E-state index contributed by atoms with van der Waals surface area (Å²) in [7, 11) is 0. The highest BCUT2D eigenvalue weighted by Crippen LogP contribution is 2.37. The lowest BCUT2D eigenvalue weighted by Gasteiger charge is -2.37. The molecule has 7 nitrogen and oxygen atoms in total. The minimum atomic E-state index is -0.721. The molecule has 1 fully saturated rings. The summed E-state index contributed by atoms with van der Waals surface area (Å²) >= 11 is 6.46. The zero-order valence-electron chi connectivity index (χ0n) is 15.3. The second-order valence-electron chi connectivity index (χ2n) is 7.75. The fraction of sp³-hybridized carbons (Fsp3) is 0.556. The molecule has 0 radical (unpaired) electrons. The van der Waals surface area contributed by atoms with Crippen LogP contribution >= 0.6 is 11.6 Å². The van der Waals surface area contributed by atoms with Crippen LogP contribution in [0.15, 0.2) is 17.1 Å². The van der Waals surface area contributed by atoms with Crippen LogP contribution in [0.3, 0.4) is 0 Å². The molecule has 1 saturated heterocycles. The monoisotopic (exact) mass is 380 g/mol. The highest BCUT2D eigenvalue weighted by Gasteiger charge is 2.34. The molecule has 2 aliphatic rings. The van der Waals surface area contributed by atoms with Crippen LogP contribution in [0.4, 0.5) is 10.5 Å². The summed E-state index contributed by atoms with van der Waals surface area (Å²) in [4.78, 5) is 17.9. The molecule has 2 heterocycles. The lowest BCUT2D eigenvalue weighted by atomic mass is 9.86. The summed E-state index contributed by atoms with van der Waals surface area (Å²) in [6.45, 7) is 6.66. The fourth-order valence-electron chi connectivity index (χ4n) is 3.30. The van der Waals surface area contributed by atoms with E-state index in [1.165, 1.54) is 0 Å². The van der Waals surface area contributed by atoms with Gasteiger partial charge in [-0.3, -0.25) is 0 Å². The lowest BCUT2D eigenvalue weighted by Crippen LogP contribution is -2.47. The summed E-state index contributed by atoms with van der Waals surface area (Å²) in [6.07, 6.45) is -0.527. The van der Waals surface area contributed by atoms with E-state index in [0.717, 1.165) is 16.8 Å². The summed E-state index contributed by atoms with van der Waals surface area (Å²) in [5, 5.41) is 14.3. The number of β-amino-alcohol motifs (C(OH)–C–C–N with tert-alkyl or cyclic N) is 1. The van der Waals surface area contributed by atoms with Crippen molar-refractivity contribution in [3.8, 4) is 0 Å². The van der Waals surface area contributed by atoms with Crippen molar-refractivity contribution < 1.29 is 14.6 Å². The van der Waals surface area contributed by atoms with Crippen molar-refractivity contribution >= 4 is 29.3 Å². The number of amides is 1. The Morgan fingerprint density at radius 2 is 2.19 bits per heavy atom. The number of benzene rings is 1. The van der Waals surface area contributed by atoms with E-state index in [9.17, 15) is 9.90 Å². The number of aliphatic imine (C=N–C) groups is 1. The Bertz CT molecular complexity index is 745. The molecule has 1 amide bonds. The Labute approximate surface area is 158 Å². The number of aliphatic hydroxyl groups excluding tert-OH is 1. The van der Waals surface area contributed by atoms with E-state index < -0.39 is 17.8 Å². The number of halogens is 1. The van der Waals surface area contributed by atoms with Gasteiger partial charge in [0.2, 0.25) is 0 Å². The molecule has 2 aliphatic heterocycles. The maximum Gasteiger partial charge on any atom is 0.410 e. The standard InChI is InChI=1S/C18H25ClN4O3/c1-18(2,3)26-17(25)23-5-4-11(15(24)9-23)12-7-14-10(6-13(12)19)8-21-16(20)22-14/h6-7,11,15,24H,4-5,8-9H2,1-3H3,(H3,20,21,22)/t11-,15+/m0/s1. The van der Waals surface area contributed by atoms with Gasteiger partial charge in [0.25, 0.3) is 0 Å². The number of nitrogens with one attached hydrogen (secondary N) is 1. The smallest absolute Gasteiger partial charge is 0.410 e. The highest BCUT2D eigenvalue weighted by atomic mass is 35.5. The summed E-state index contributed by atoms with van der Waals surface area (Å²) in [6, 6.07) is 3.79. The molecule has 142 valence electrons. The third kappa shape index (κ3) is 4.04. The third-order valence-electron chi connectivity index (χ3n) is 4.54. The summed E-state index contributed by atoms with van der Waals surface area (Å²) in [5.74, 6) is 0.208.